The highest BCUT2D eigenvalue weighted by molar-refractivity contribution is 6.01. The number of ether oxygens (including phenoxy) is 2. The summed E-state index contributed by atoms with van der Waals surface area (Å²) in [7, 11) is 0. The van der Waals surface area contributed by atoms with Crippen molar-refractivity contribution >= 4 is 29.0 Å². The number of Topliss-reactive ketones (excluding diaryl/α,β-unsaturated/α-hetero) is 1. The number of nitrogens with zero attached hydrogens (tertiary/aromatic N) is 2. The van der Waals surface area contributed by atoms with E-state index in [-0.39, 0.29) is 30.1 Å². The Morgan fingerprint density at radius 2 is 1.82 bits per heavy atom. The topological polar surface area (TPSA) is 116 Å². The van der Waals surface area contributed by atoms with Crippen molar-refractivity contribution in [2.45, 2.75) is 33.1 Å². The normalized spacial score (nSPS) is 15.0. The lowest BCUT2D eigenvalue weighted by Gasteiger charge is -2.18. The van der Waals surface area contributed by atoms with Crippen molar-refractivity contribution in [2.75, 3.05) is 18.1 Å². The molecule has 0 aliphatic carbocycles. The summed E-state index contributed by atoms with van der Waals surface area (Å²) in [4.78, 5) is 49.4. The quantitative estimate of drug-likeness (QED) is 0.157. The van der Waals surface area contributed by atoms with Crippen LogP contribution in [-0.4, -0.2) is 35.7 Å². The predicted octanol–water partition coefficient (Wildman–Crippen LogP) is 5.60. The second kappa shape index (κ2) is 11.2. The first-order chi connectivity index (χ1) is 18.1. The van der Waals surface area contributed by atoms with Gasteiger partial charge in [0.2, 0.25) is 11.7 Å². The molecule has 1 aliphatic rings. The Hall–Kier alpha value is -4.53. The van der Waals surface area contributed by atoms with Crippen LogP contribution >= 0.6 is 0 Å². The van der Waals surface area contributed by atoms with E-state index in [1.807, 2.05) is 13.0 Å². The van der Waals surface area contributed by atoms with Crippen LogP contribution in [0.5, 0.6) is 11.5 Å². The highest BCUT2D eigenvalue weighted by Crippen LogP contribution is 2.33. The second-order valence-corrected chi connectivity index (χ2v) is 9.54. The first kappa shape index (κ1) is 26.5. The van der Waals surface area contributed by atoms with Gasteiger partial charge in [0.25, 0.3) is 5.69 Å². The number of hydrogen-bond acceptors (Lipinski definition) is 7. The highest BCUT2D eigenvalue weighted by atomic mass is 16.6. The average Bonchev–Trinajstić information content (AvgIpc) is 3.29. The van der Waals surface area contributed by atoms with Crippen molar-refractivity contribution in [2.24, 2.45) is 5.92 Å². The number of hydrogen-bond donors (Lipinski definition) is 0. The molecule has 1 heterocycles. The molecule has 0 N–H and O–H groups in total. The van der Waals surface area contributed by atoms with Crippen LogP contribution in [0.25, 0.3) is 0 Å². The van der Waals surface area contributed by atoms with Crippen LogP contribution in [0.15, 0.2) is 66.7 Å². The largest absolute Gasteiger partial charge is 0.457 e. The fourth-order valence-electron chi connectivity index (χ4n) is 4.27. The van der Waals surface area contributed by atoms with Crippen LogP contribution in [0.4, 0.5) is 11.4 Å². The zero-order valence-corrected chi connectivity index (χ0v) is 21.4. The third-order valence-corrected chi connectivity index (χ3v) is 6.35. The number of ketones is 1. The van der Waals surface area contributed by atoms with Crippen LogP contribution in [0.3, 0.4) is 0 Å². The summed E-state index contributed by atoms with van der Waals surface area (Å²) in [6.07, 6.45) is -0.0386. The zero-order chi connectivity index (χ0) is 27.4. The van der Waals surface area contributed by atoms with E-state index in [1.54, 1.807) is 24.3 Å². The van der Waals surface area contributed by atoms with E-state index < -0.39 is 29.2 Å². The lowest BCUT2D eigenvalue weighted by atomic mass is 10.0. The molecule has 1 saturated heterocycles. The molecular weight excluding hydrogens is 488 g/mol. The lowest BCUT2D eigenvalue weighted by Crippen LogP contribution is -2.27. The van der Waals surface area contributed by atoms with Crippen molar-refractivity contribution in [3.8, 4) is 11.5 Å². The summed E-state index contributed by atoms with van der Waals surface area (Å²) >= 11 is 0. The molecule has 4 rings (SSSR count). The Morgan fingerprint density at radius 3 is 2.50 bits per heavy atom. The van der Waals surface area contributed by atoms with Crippen LogP contribution in [0.1, 0.15) is 47.7 Å². The number of rotatable bonds is 9. The van der Waals surface area contributed by atoms with E-state index in [0.717, 1.165) is 22.9 Å². The molecule has 0 unspecified atom stereocenters. The minimum Gasteiger partial charge on any atom is -0.457 e. The summed E-state index contributed by atoms with van der Waals surface area (Å²) in [6.45, 7) is 5.77. The van der Waals surface area contributed by atoms with Gasteiger partial charge in [-0.2, -0.15) is 0 Å². The van der Waals surface area contributed by atoms with E-state index in [4.69, 9.17) is 9.47 Å². The van der Waals surface area contributed by atoms with E-state index in [1.165, 1.54) is 23.1 Å². The second-order valence-electron chi connectivity index (χ2n) is 9.54. The molecule has 1 aliphatic heterocycles. The molecule has 0 spiro atoms. The number of non-ortho nitro benzene ring substituents is 1. The summed E-state index contributed by atoms with van der Waals surface area (Å²) in [5.74, 6) is -0.474. The Kier molecular flexibility index (Phi) is 7.85. The Bertz CT molecular complexity index is 1380. The first-order valence-electron chi connectivity index (χ1n) is 12.3. The number of aryl methyl sites for hydroxylation is 1. The van der Waals surface area contributed by atoms with E-state index in [9.17, 15) is 24.5 Å². The van der Waals surface area contributed by atoms with Crippen LogP contribution < -0.4 is 9.64 Å². The Morgan fingerprint density at radius 1 is 1.08 bits per heavy atom. The number of amides is 1. The van der Waals surface area contributed by atoms with Crippen LogP contribution in [-0.2, 0) is 14.3 Å². The van der Waals surface area contributed by atoms with Crippen molar-refractivity contribution in [1.82, 2.24) is 0 Å². The van der Waals surface area contributed by atoms with Crippen molar-refractivity contribution < 1.29 is 28.8 Å². The molecule has 0 aromatic heterocycles. The Labute approximate surface area is 220 Å². The SMILES string of the molecule is Cc1ccc(C(C)C)c(Oc2ccc(N3C[C@H](C(=O)OCC(=O)c4cccc([N+](=O)[O-])c4)CC3=O)cc2)c1. The van der Waals surface area contributed by atoms with Crippen molar-refractivity contribution in [3.05, 3.63) is 93.5 Å². The number of anilines is 1. The summed E-state index contributed by atoms with van der Waals surface area (Å²) in [5.41, 5.74) is 2.66. The van der Waals surface area contributed by atoms with E-state index in [0.29, 0.717) is 17.4 Å². The minimum atomic E-state index is -0.725. The smallest absolute Gasteiger partial charge is 0.311 e. The molecule has 9 nitrogen and oxygen atoms in total. The van der Waals surface area contributed by atoms with Crippen LogP contribution in [0, 0.1) is 23.0 Å². The maximum absolute atomic E-state index is 12.6. The van der Waals surface area contributed by atoms with Crippen molar-refractivity contribution in [1.29, 1.82) is 0 Å². The van der Waals surface area contributed by atoms with Gasteiger partial charge in [0.15, 0.2) is 6.61 Å². The third-order valence-electron chi connectivity index (χ3n) is 6.35. The molecular formula is C29H28N2O7. The van der Waals surface area contributed by atoms with Gasteiger partial charge in [-0.25, -0.2) is 0 Å². The number of nitro benzene ring substituents is 1. The van der Waals surface area contributed by atoms with Gasteiger partial charge in [0, 0.05) is 36.3 Å². The molecule has 9 heteroatoms. The summed E-state index contributed by atoms with van der Waals surface area (Å²) in [5, 5.41) is 10.9. The minimum absolute atomic E-state index is 0.0386. The molecule has 1 atom stereocenters. The van der Waals surface area contributed by atoms with Gasteiger partial charge < -0.3 is 14.4 Å². The zero-order valence-electron chi connectivity index (χ0n) is 21.4. The molecule has 0 bridgehead atoms. The monoisotopic (exact) mass is 516 g/mol. The lowest BCUT2D eigenvalue weighted by molar-refractivity contribution is -0.384. The van der Waals surface area contributed by atoms with Crippen molar-refractivity contribution in [3.63, 3.8) is 0 Å². The third kappa shape index (κ3) is 6.05. The molecule has 1 fully saturated rings. The molecule has 0 saturated carbocycles. The molecule has 0 radical (unpaired) electrons. The molecule has 3 aromatic rings. The molecule has 196 valence electrons. The van der Waals surface area contributed by atoms with Gasteiger partial charge in [0.1, 0.15) is 11.5 Å². The fraction of sp³-hybridized carbons (Fsp3) is 0.276. The van der Waals surface area contributed by atoms with Gasteiger partial charge >= 0.3 is 5.97 Å². The first-order valence-corrected chi connectivity index (χ1v) is 12.3. The standard InChI is InChI=1S/C29H28N2O7/c1-18(2)25-12-7-19(3)13-27(25)38-24-10-8-22(9-11-24)30-16-21(15-28(30)33)29(34)37-17-26(32)20-5-4-6-23(14-20)31(35)36/h4-14,18,21H,15-17H2,1-3H3/t21-/m1/s1. The maximum atomic E-state index is 12.6. The van der Waals surface area contributed by atoms with Gasteiger partial charge in [-0.15, -0.1) is 0 Å². The van der Waals surface area contributed by atoms with Gasteiger partial charge in [-0.1, -0.05) is 38.1 Å². The van der Waals surface area contributed by atoms with E-state index >= 15 is 0 Å². The van der Waals surface area contributed by atoms with Gasteiger partial charge in [-0.05, 0) is 54.3 Å². The Balaban J connectivity index is 1.36. The fourth-order valence-corrected chi connectivity index (χ4v) is 4.27. The average molecular weight is 517 g/mol. The van der Waals surface area contributed by atoms with Crippen LogP contribution in [0.2, 0.25) is 0 Å². The predicted molar refractivity (Wildman–Crippen MR) is 141 cm³/mol. The number of carbonyl (C=O) groups excluding carboxylic acids is 3. The molecule has 1 amide bonds. The number of carbonyl (C=O) groups is 3. The molecule has 38 heavy (non-hydrogen) atoms. The number of nitro groups is 1. The van der Waals surface area contributed by atoms with Gasteiger partial charge in [-0.3, -0.25) is 24.5 Å². The summed E-state index contributed by atoms with van der Waals surface area (Å²) < 4.78 is 11.3. The van der Waals surface area contributed by atoms with E-state index in [2.05, 4.69) is 26.0 Å². The highest BCUT2D eigenvalue weighted by Gasteiger charge is 2.36. The molecule has 3 aromatic carbocycles. The maximum Gasteiger partial charge on any atom is 0.311 e. The summed E-state index contributed by atoms with van der Waals surface area (Å²) in [6, 6.07) is 18.4. The van der Waals surface area contributed by atoms with Gasteiger partial charge in [0.05, 0.1) is 10.8 Å². The number of benzene rings is 3. The number of esters is 1.